The van der Waals surface area contributed by atoms with Gasteiger partial charge in [0.25, 0.3) is 0 Å². The van der Waals surface area contributed by atoms with Crippen molar-refractivity contribution >= 4 is 94.8 Å². The zero-order valence-electron chi connectivity index (χ0n) is 49.4. The second-order valence-corrected chi connectivity index (χ2v) is 22.2. The minimum Gasteiger partial charge on any atom is -0.481 e. The highest BCUT2D eigenvalue weighted by Gasteiger charge is 2.36. The van der Waals surface area contributed by atoms with Gasteiger partial charge in [-0.25, -0.2) is 4.79 Å². The number of aliphatic imine (C=N–C) groups is 1. The molecular formula is C52H93N15O17S. The first-order valence-electron chi connectivity index (χ1n) is 28.2. The second-order valence-electron chi connectivity index (χ2n) is 21.2. The number of amides is 9. The van der Waals surface area contributed by atoms with Crippen LogP contribution in [-0.4, -0.2) is 195 Å². The highest BCUT2D eigenvalue weighted by molar-refractivity contribution is 7.98. The average Bonchev–Trinajstić information content (AvgIpc) is 3.57. The Morgan fingerprint density at radius 1 is 0.424 bits per heavy atom. The first-order valence-corrected chi connectivity index (χ1v) is 29.6. The molecule has 0 fully saturated rings. The lowest BCUT2D eigenvalue weighted by Gasteiger charge is -2.28. The van der Waals surface area contributed by atoms with Crippen LogP contribution >= 0.6 is 11.8 Å². The number of aliphatic carboxylic acids is 4. The number of rotatable bonds is 46. The fourth-order valence-electron chi connectivity index (χ4n) is 8.12. The van der Waals surface area contributed by atoms with E-state index < -0.39 is 170 Å². The lowest BCUT2D eigenvalue weighted by Crippen LogP contribution is -2.60. The molecule has 484 valence electrons. The van der Waals surface area contributed by atoms with Gasteiger partial charge in [0.05, 0.1) is 12.5 Å². The third-order valence-electron chi connectivity index (χ3n) is 12.7. The van der Waals surface area contributed by atoms with Gasteiger partial charge in [0.15, 0.2) is 5.96 Å². The molecule has 33 heteroatoms. The summed E-state index contributed by atoms with van der Waals surface area (Å²) in [5, 5.41) is 60.2. The molecule has 0 aliphatic carbocycles. The first kappa shape index (κ1) is 77.6. The van der Waals surface area contributed by atoms with Crippen LogP contribution in [0.25, 0.3) is 0 Å². The molecule has 0 rings (SSSR count). The lowest BCUT2D eigenvalue weighted by molar-refractivity contribution is -0.143. The van der Waals surface area contributed by atoms with Crippen molar-refractivity contribution in [3.8, 4) is 0 Å². The monoisotopic (exact) mass is 1230 g/mol. The smallest absolute Gasteiger partial charge is 0.326 e. The Kier molecular flexibility index (Phi) is 38.7. The van der Waals surface area contributed by atoms with Gasteiger partial charge in [-0.3, -0.25) is 62.5 Å². The van der Waals surface area contributed by atoms with Gasteiger partial charge >= 0.3 is 23.9 Å². The molecule has 0 aliphatic rings. The summed E-state index contributed by atoms with van der Waals surface area (Å²) in [6.45, 7) is 8.62. The van der Waals surface area contributed by atoms with E-state index in [2.05, 4.69) is 52.8 Å². The van der Waals surface area contributed by atoms with Crippen molar-refractivity contribution in [3.05, 3.63) is 0 Å². The number of carbonyl (C=O) groups excluding carboxylic acids is 9. The molecule has 85 heavy (non-hydrogen) atoms. The van der Waals surface area contributed by atoms with E-state index in [-0.39, 0.29) is 82.4 Å². The van der Waals surface area contributed by atoms with E-state index in [0.29, 0.717) is 31.4 Å². The molecule has 0 bridgehead atoms. The van der Waals surface area contributed by atoms with Gasteiger partial charge in [-0.1, -0.05) is 27.7 Å². The van der Waals surface area contributed by atoms with E-state index in [1.807, 2.05) is 0 Å². The number of carboxylic acids is 4. The highest BCUT2D eigenvalue weighted by atomic mass is 32.2. The van der Waals surface area contributed by atoms with Crippen LogP contribution in [0.2, 0.25) is 0 Å². The molecule has 32 nitrogen and oxygen atoms in total. The second kappa shape index (κ2) is 42.4. The number of hydrogen-bond acceptors (Lipinski definition) is 18. The van der Waals surface area contributed by atoms with Crippen LogP contribution < -0.4 is 76.5 Å². The molecule has 23 N–H and O–H groups in total. The standard InChI is InChI=1S/C52H93N15O17S/c1-27(2)24-36(65-46(78)32(14-8-10-21-54)61-45(77)31(13-7-9-20-53)62-48(80)35(19-23-85-6)60-43(75)30(55)12-11-22-58-52(56)57)49(81)66-37(26-41(72)73)50(82)64-34(16-18-40(70)71)47(79)63-33(15-17-39(68)69)44(76)59-29(5)42(74)67-38(51(83)84)25-28(3)4/h27-38H,7-26,53-55H2,1-6H3,(H,59,76)(H,60,75)(H,61,77)(H,62,80)(H,63,79)(H,64,82)(H,65,78)(H,66,81)(H,67,74)(H,68,69)(H,70,71)(H,72,73)(H,83,84)(H4,56,57,58)/t29-,30-,31-,32-,33-,34-,35-,36-,37-,38-/m0/s1. The summed E-state index contributed by atoms with van der Waals surface area (Å²) in [7, 11) is 0. The predicted octanol–water partition coefficient (Wildman–Crippen LogP) is -3.86. The van der Waals surface area contributed by atoms with Gasteiger partial charge in [-0.15, -0.1) is 0 Å². The quantitative estimate of drug-likeness (QED) is 0.0158. The maximum absolute atomic E-state index is 14.3. The number of thioether (sulfide) groups is 1. The van der Waals surface area contributed by atoms with Crippen LogP contribution in [-0.2, 0) is 62.3 Å². The number of hydrogen-bond donors (Lipinski definition) is 18. The molecule has 0 unspecified atom stereocenters. The number of unbranched alkanes of at least 4 members (excludes halogenated alkanes) is 2. The highest BCUT2D eigenvalue weighted by Crippen LogP contribution is 2.13. The largest absolute Gasteiger partial charge is 0.481 e. The van der Waals surface area contributed by atoms with Crippen molar-refractivity contribution in [2.45, 2.75) is 198 Å². The van der Waals surface area contributed by atoms with Crippen molar-refractivity contribution in [2.24, 2.45) is 45.5 Å². The average molecular weight is 1230 g/mol. The van der Waals surface area contributed by atoms with Gasteiger partial charge in [-0.05, 0) is 127 Å². The van der Waals surface area contributed by atoms with Crippen LogP contribution in [0.4, 0.5) is 0 Å². The van der Waals surface area contributed by atoms with Gasteiger partial charge in [0, 0.05) is 19.4 Å². The molecule has 0 aromatic heterocycles. The molecule has 0 aromatic rings. The van der Waals surface area contributed by atoms with E-state index in [9.17, 15) is 82.8 Å². The molecule has 10 atom stereocenters. The molecule has 0 saturated carbocycles. The minimum absolute atomic E-state index is 0.0313. The maximum Gasteiger partial charge on any atom is 0.326 e. The summed E-state index contributed by atoms with van der Waals surface area (Å²) >= 11 is 1.40. The Labute approximate surface area is 498 Å². The van der Waals surface area contributed by atoms with Crippen molar-refractivity contribution in [1.82, 2.24) is 47.9 Å². The Bertz CT molecular complexity index is 2260. The molecule has 0 aliphatic heterocycles. The molecule has 0 saturated heterocycles. The number of carboxylic acid groups (broad SMARTS) is 4. The first-order chi connectivity index (χ1) is 39.9. The summed E-state index contributed by atoms with van der Waals surface area (Å²) in [5.74, 6) is -15.0. The topological polar surface area (TPSA) is 554 Å². The normalized spacial score (nSPS) is 14.6. The van der Waals surface area contributed by atoms with Crippen molar-refractivity contribution < 1.29 is 82.8 Å². The van der Waals surface area contributed by atoms with E-state index in [1.54, 1.807) is 34.0 Å². The number of nitrogens with zero attached hydrogens (tertiary/aromatic N) is 1. The van der Waals surface area contributed by atoms with Crippen LogP contribution in [0.3, 0.4) is 0 Å². The Balaban J connectivity index is 6.86. The number of nitrogens with one attached hydrogen (secondary N) is 9. The summed E-state index contributed by atoms with van der Waals surface area (Å²) in [6.07, 6.45) is -0.147. The van der Waals surface area contributed by atoms with Crippen LogP contribution in [0.15, 0.2) is 4.99 Å². The Morgan fingerprint density at radius 2 is 0.788 bits per heavy atom. The molecular weight excluding hydrogens is 1140 g/mol. The summed E-state index contributed by atoms with van der Waals surface area (Å²) in [6, 6.07) is -14.8. The fraction of sp³-hybridized carbons (Fsp3) is 0.731. The predicted molar refractivity (Wildman–Crippen MR) is 312 cm³/mol. The minimum atomic E-state index is -2.03. The molecule has 9 amide bonds. The summed E-state index contributed by atoms with van der Waals surface area (Å²) < 4.78 is 0. The summed E-state index contributed by atoms with van der Waals surface area (Å²) in [4.78, 5) is 175. The van der Waals surface area contributed by atoms with Gasteiger partial charge < -0.3 is 96.9 Å². The molecule has 0 aromatic carbocycles. The van der Waals surface area contributed by atoms with Gasteiger partial charge in [0.2, 0.25) is 53.2 Å². The Morgan fingerprint density at radius 3 is 1.19 bits per heavy atom. The maximum atomic E-state index is 14.3. The lowest BCUT2D eigenvalue weighted by atomic mass is 10.0. The SMILES string of the molecule is CSCC[C@H](NC(=O)[C@@H](N)CCCN=C(N)N)C(=O)N[C@@H](CCCCN)C(=O)N[C@@H](CCCCN)C(=O)N[C@@H](CC(C)C)C(=O)N[C@@H](CC(=O)O)C(=O)N[C@@H](CCC(=O)O)C(=O)N[C@@H](CCC(=O)O)C(=O)N[C@@H](C)C(=O)N[C@@H](CC(C)C)C(=O)O. The number of guanidine groups is 1. The van der Waals surface area contributed by atoms with Crippen molar-refractivity contribution in [2.75, 3.05) is 31.6 Å². The van der Waals surface area contributed by atoms with Crippen molar-refractivity contribution in [1.29, 1.82) is 0 Å². The van der Waals surface area contributed by atoms with Crippen molar-refractivity contribution in [3.63, 3.8) is 0 Å². The molecule has 0 heterocycles. The van der Waals surface area contributed by atoms with E-state index in [4.69, 9.17) is 28.7 Å². The zero-order chi connectivity index (χ0) is 64.9. The molecule has 0 radical (unpaired) electrons. The van der Waals surface area contributed by atoms with E-state index in [1.165, 1.54) is 18.7 Å². The zero-order valence-corrected chi connectivity index (χ0v) is 50.2. The number of nitrogens with two attached hydrogens (primary N) is 5. The summed E-state index contributed by atoms with van der Waals surface area (Å²) in [5.41, 5.74) is 28.3. The fourth-order valence-corrected chi connectivity index (χ4v) is 8.59. The number of carbonyl (C=O) groups is 13. The van der Waals surface area contributed by atoms with Gasteiger partial charge in [-0.2, -0.15) is 11.8 Å². The third kappa shape index (κ3) is 34.2. The van der Waals surface area contributed by atoms with E-state index >= 15 is 0 Å². The van der Waals surface area contributed by atoms with Crippen LogP contribution in [0.5, 0.6) is 0 Å². The van der Waals surface area contributed by atoms with E-state index in [0.717, 1.165) is 0 Å². The molecule has 0 spiro atoms. The third-order valence-corrected chi connectivity index (χ3v) is 13.3. The van der Waals surface area contributed by atoms with Gasteiger partial charge in [0.1, 0.15) is 54.4 Å². The van der Waals surface area contributed by atoms with Crippen LogP contribution in [0, 0.1) is 11.8 Å². The van der Waals surface area contributed by atoms with Crippen LogP contribution in [0.1, 0.15) is 137 Å². The Hall–Kier alpha value is -7.39.